The lowest BCUT2D eigenvalue weighted by Crippen LogP contribution is -1.97. The lowest BCUT2D eigenvalue weighted by atomic mass is 9.80. The van der Waals surface area contributed by atoms with Gasteiger partial charge in [-0.15, -0.1) is 0 Å². The first-order valence-electron chi connectivity index (χ1n) is 10.8. The van der Waals surface area contributed by atoms with Crippen LogP contribution in [0.2, 0.25) is 0 Å². The van der Waals surface area contributed by atoms with Gasteiger partial charge in [0, 0.05) is 0 Å². The molecule has 1 aliphatic carbocycles. The Morgan fingerprint density at radius 1 is 0.323 bits per heavy atom. The summed E-state index contributed by atoms with van der Waals surface area (Å²) in [5.41, 5.74) is 14.1. The molecule has 0 heterocycles. The molecule has 6 rings (SSSR count). The molecule has 5 aromatic rings. The Balaban J connectivity index is 1.72. The fraction of sp³-hybridized carbons (Fsp3) is 0.0323. The van der Waals surface area contributed by atoms with Crippen LogP contribution >= 0.6 is 0 Å². The molecule has 0 saturated carbocycles. The molecular formula is C31H22. The van der Waals surface area contributed by atoms with E-state index in [0.29, 0.717) is 0 Å². The van der Waals surface area contributed by atoms with Crippen molar-refractivity contribution in [2.45, 2.75) is 6.92 Å². The standard InChI is InChI=1S/C31H22/c1-21-9-8-10-22(19-21)23-17-18-30-28-15-5-4-13-26(28)24-11-2-3-12-25(24)27-14-6-7-16-29(27)31(30)20-23/h2-20H,1H3. The highest BCUT2D eigenvalue weighted by molar-refractivity contribution is 6.03. The van der Waals surface area contributed by atoms with Gasteiger partial charge in [0.2, 0.25) is 0 Å². The highest BCUT2D eigenvalue weighted by atomic mass is 14.2. The topological polar surface area (TPSA) is 0 Å². The Kier molecular flexibility index (Phi) is 4.11. The van der Waals surface area contributed by atoms with E-state index in [1.54, 1.807) is 0 Å². The maximum atomic E-state index is 2.37. The second-order valence-electron chi connectivity index (χ2n) is 8.27. The molecule has 0 amide bonds. The quantitative estimate of drug-likeness (QED) is 0.262. The second-order valence-corrected chi connectivity index (χ2v) is 8.27. The van der Waals surface area contributed by atoms with Gasteiger partial charge in [0.25, 0.3) is 0 Å². The van der Waals surface area contributed by atoms with Gasteiger partial charge in [-0.3, -0.25) is 0 Å². The normalized spacial score (nSPS) is 11.4. The van der Waals surface area contributed by atoms with Gasteiger partial charge < -0.3 is 0 Å². The SMILES string of the molecule is Cc1cccc(-c2ccc3c(c2)-c2ccccc2-c2ccccc2-c2ccccc2-3)c1. The molecule has 0 aromatic heterocycles. The lowest BCUT2D eigenvalue weighted by Gasteiger charge is -2.23. The molecular weight excluding hydrogens is 372 g/mol. The molecule has 0 saturated heterocycles. The van der Waals surface area contributed by atoms with Crippen LogP contribution in [0.25, 0.3) is 55.6 Å². The van der Waals surface area contributed by atoms with Crippen molar-refractivity contribution in [3.63, 3.8) is 0 Å². The van der Waals surface area contributed by atoms with Crippen molar-refractivity contribution < 1.29 is 0 Å². The average molecular weight is 395 g/mol. The lowest BCUT2D eigenvalue weighted by molar-refractivity contribution is 1.46. The summed E-state index contributed by atoms with van der Waals surface area (Å²) in [6, 6.07) is 42.1. The predicted octanol–water partition coefficient (Wildman–Crippen LogP) is 8.64. The summed E-state index contributed by atoms with van der Waals surface area (Å²) in [6.45, 7) is 2.15. The molecule has 1 aliphatic rings. The van der Waals surface area contributed by atoms with E-state index in [1.807, 2.05) is 0 Å². The first-order chi connectivity index (χ1) is 15.3. The molecule has 0 atom stereocenters. The average Bonchev–Trinajstić information content (AvgIpc) is 2.83. The van der Waals surface area contributed by atoms with Crippen LogP contribution in [0.1, 0.15) is 5.56 Å². The van der Waals surface area contributed by atoms with E-state index in [9.17, 15) is 0 Å². The van der Waals surface area contributed by atoms with Gasteiger partial charge in [-0.1, -0.05) is 115 Å². The summed E-state index contributed by atoms with van der Waals surface area (Å²) in [5, 5.41) is 0. The van der Waals surface area contributed by atoms with Crippen molar-refractivity contribution in [1.82, 2.24) is 0 Å². The highest BCUT2D eigenvalue weighted by Crippen LogP contribution is 2.48. The molecule has 0 aliphatic heterocycles. The molecule has 0 N–H and O–H groups in total. The predicted molar refractivity (Wildman–Crippen MR) is 132 cm³/mol. The monoisotopic (exact) mass is 394 g/mol. The molecule has 31 heavy (non-hydrogen) atoms. The molecule has 0 nitrogen and oxygen atoms in total. The number of hydrogen-bond donors (Lipinski definition) is 0. The zero-order chi connectivity index (χ0) is 20.8. The van der Waals surface area contributed by atoms with Gasteiger partial charge in [-0.25, -0.2) is 0 Å². The van der Waals surface area contributed by atoms with Gasteiger partial charge in [0.15, 0.2) is 0 Å². The van der Waals surface area contributed by atoms with Crippen LogP contribution in [0.3, 0.4) is 0 Å². The van der Waals surface area contributed by atoms with Crippen molar-refractivity contribution in [3.8, 4) is 55.6 Å². The number of fused-ring (bicyclic) bond motifs is 8. The molecule has 146 valence electrons. The van der Waals surface area contributed by atoms with Gasteiger partial charge in [-0.2, -0.15) is 0 Å². The maximum Gasteiger partial charge on any atom is -0.00928 e. The van der Waals surface area contributed by atoms with Crippen LogP contribution in [0, 0.1) is 6.92 Å². The summed E-state index contributed by atoms with van der Waals surface area (Å²) < 4.78 is 0. The summed E-state index contributed by atoms with van der Waals surface area (Å²) in [6.07, 6.45) is 0. The highest BCUT2D eigenvalue weighted by Gasteiger charge is 2.21. The third kappa shape index (κ3) is 2.92. The summed E-state index contributed by atoms with van der Waals surface area (Å²) in [5.74, 6) is 0. The molecule has 5 aromatic carbocycles. The molecule has 0 heteroatoms. The minimum Gasteiger partial charge on any atom is -0.0616 e. The number of benzene rings is 5. The zero-order valence-corrected chi connectivity index (χ0v) is 17.5. The van der Waals surface area contributed by atoms with Crippen LogP contribution in [0.5, 0.6) is 0 Å². The fourth-order valence-electron chi connectivity index (χ4n) is 4.86. The van der Waals surface area contributed by atoms with E-state index in [0.717, 1.165) is 0 Å². The Hall–Kier alpha value is -3.90. The molecule has 0 fully saturated rings. The number of aryl methyl sites for hydroxylation is 1. The molecule has 0 unspecified atom stereocenters. The van der Waals surface area contributed by atoms with E-state index in [1.165, 1.54) is 61.2 Å². The smallest absolute Gasteiger partial charge is 0.00928 e. The van der Waals surface area contributed by atoms with Crippen LogP contribution in [0.15, 0.2) is 115 Å². The summed E-state index contributed by atoms with van der Waals surface area (Å²) >= 11 is 0. The van der Waals surface area contributed by atoms with Crippen molar-refractivity contribution in [2.24, 2.45) is 0 Å². The minimum absolute atomic E-state index is 1.25. The first-order valence-corrected chi connectivity index (χ1v) is 10.8. The zero-order valence-electron chi connectivity index (χ0n) is 17.5. The van der Waals surface area contributed by atoms with Crippen LogP contribution in [-0.4, -0.2) is 0 Å². The maximum absolute atomic E-state index is 2.37. The first kappa shape index (κ1) is 17.9. The van der Waals surface area contributed by atoms with E-state index in [-0.39, 0.29) is 0 Å². The van der Waals surface area contributed by atoms with Crippen LogP contribution in [-0.2, 0) is 0 Å². The third-order valence-electron chi connectivity index (χ3n) is 6.31. The molecule has 0 radical (unpaired) electrons. The van der Waals surface area contributed by atoms with E-state index in [4.69, 9.17) is 0 Å². The van der Waals surface area contributed by atoms with E-state index >= 15 is 0 Å². The van der Waals surface area contributed by atoms with Crippen molar-refractivity contribution in [1.29, 1.82) is 0 Å². The Bertz CT molecular complexity index is 1430. The van der Waals surface area contributed by atoms with Crippen LogP contribution < -0.4 is 0 Å². The Morgan fingerprint density at radius 2 is 0.742 bits per heavy atom. The van der Waals surface area contributed by atoms with Gasteiger partial charge in [0.05, 0.1) is 0 Å². The number of rotatable bonds is 1. The molecule has 0 bridgehead atoms. The minimum atomic E-state index is 1.25. The Labute approximate surface area is 183 Å². The van der Waals surface area contributed by atoms with Crippen LogP contribution in [0.4, 0.5) is 0 Å². The summed E-state index contributed by atoms with van der Waals surface area (Å²) in [7, 11) is 0. The largest absolute Gasteiger partial charge is 0.0616 e. The van der Waals surface area contributed by atoms with Crippen molar-refractivity contribution >= 4 is 0 Å². The summed E-state index contributed by atoms with van der Waals surface area (Å²) in [4.78, 5) is 0. The van der Waals surface area contributed by atoms with Crippen molar-refractivity contribution in [3.05, 3.63) is 121 Å². The van der Waals surface area contributed by atoms with Gasteiger partial charge in [-0.05, 0) is 68.6 Å². The molecule has 0 spiro atoms. The third-order valence-corrected chi connectivity index (χ3v) is 6.31. The fourth-order valence-corrected chi connectivity index (χ4v) is 4.86. The van der Waals surface area contributed by atoms with E-state index in [2.05, 4.69) is 122 Å². The van der Waals surface area contributed by atoms with E-state index < -0.39 is 0 Å². The van der Waals surface area contributed by atoms with Gasteiger partial charge >= 0.3 is 0 Å². The van der Waals surface area contributed by atoms with Gasteiger partial charge in [0.1, 0.15) is 0 Å². The van der Waals surface area contributed by atoms with Crippen molar-refractivity contribution in [2.75, 3.05) is 0 Å². The number of hydrogen-bond acceptors (Lipinski definition) is 0. The second kappa shape index (κ2) is 7.11. The Morgan fingerprint density at radius 3 is 1.23 bits per heavy atom.